The number of likely N-dealkylation sites (N-methyl/N-ethyl adjacent to an activating group) is 2. The van der Waals surface area contributed by atoms with E-state index in [1.54, 1.807) is 14.1 Å². The number of carbonyl (C=O) groups excluding carboxylic acids is 2. The number of rotatable bonds is 5. The predicted octanol–water partition coefficient (Wildman–Crippen LogP) is -0.464. The molecule has 0 radical (unpaired) electrons. The number of nitrogens with zero attached hydrogens (tertiary/aromatic N) is 1. The van der Waals surface area contributed by atoms with E-state index in [0.29, 0.717) is 6.54 Å². The minimum Gasteiger partial charge on any atom is -0.344 e. The van der Waals surface area contributed by atoms with Crippen molar-refractivity contribution < 1.29 is 14.5 Å². The van der Waals surface area contributed by atoms with E-state index in [2.05, 4.69) is 5.32 Å². The average Bonchev–Trinajstić information content (AvgIpc) is 2.31. The number of hydrogen-bond donors (Lipinski definition) is 2. The van der Waals surface area contributed by atoms with E-state index in [0.717, 1.165) is 16.2 Å². The Balaban J connectivity index is 2.42. The second kappa shape index (κ2) is 6.89. The summed E-state index contributed by atoms with van der Waals surface area (Å²) in [6, 6.07) is 7.63. The number of benzene rings is 1. The van der Waals surface area contributed by atoms with Crippen molar-refractivity contribution in [3.05, 3.63) is 29.8 Å². The van der Waals surface area contributed by atoms with Gasteiger partial charge < -0.3 is 15.1 Å². The SMILES string of the molecule is Cc1ccc(NC(=O)C[NH+](C)CC(=O)N(C)C)cc1. The van der Waals surface area contributed by atoms with E-state index >= 15 is 0 Å². The lowest BCUT2D eigenvalue weighted by atomic mass is 10.2. The number of nitrogens with one attached hydrogen (secondary N) is 2. The van der Waals surface area contributed by atoms with E-state index in [4.69, 9.17) is 0 Å². The van der Waals surface area contributed by atoms with Crippen LogP contribution in [-0.2, 0) is 9.59 Å². The molecule has 0 heterocycles. The van der Waals surface area contributed by atoms with Gasteiger partial charge in [0.15, 0.2) is 13.1 Å². The van der Waals surface area contributed by atoms with E-state index in [9.17, 15) is 9.59 Å². The summed E-state index contributed by atoms with van der Waals surface area (Å²) in [6.07, 6.45) is 0. The second-order valence-electron chi connectivity index (χ2n) is 5.01. The van der Waals surface area contributed by atoms with Crippen LogP contribution in [0.4, 0.5) is 5.69 Å². The molecule has 0 bridgehead atoms. The number of amides is 2. The normalized spacial score (nSPS) is 11.8. The van der Waals surface area contributed by atoms with Gasteiger partial charge in [-0.2, -0.15) is 0 Å². The summed E-state index contributed by atoms with van der Waals surface area (Å²) in [7, 11) is 5.25. The molecule has 1 rings (SSSR count). The maximum absolute atomic E-state index is 11.8. The Morgan fingerprint density at radius 2 is 1.74 bits per heavy atom. The van der Waals surface area contributed by atoms with Crippen molar-refractivity contribution in [3.63, 3.8) is 0 Å². The fourth-order valence-corrected chi connectivity index (χ4v) is 1.59. The molecule has 5 heteroatoms. The van der Waals surface area contributed by atoms with Gasteiger partial charge in [-0.05, 0) is 19.1 Å². The molecule has 0 aliphatic carbocycles. The van der Waals surface area contributed by atoms with Gasteiger partial charge in [0.1, 0.15) is 0 Å². The van der Waals surface area contributed by atoms with Gasteiger partial charge in [-0.15, -0.1) is 0 Å². The Morgan fingerprint density at radius 3 is 2.26 bits per heavy atom. The van der Waals surface area contributed by atoms with Gasteiger partial charge in [0, 0.05) is 19.8 Å². The topological polar surface area (TPSA) is 53.9 Å². The number of quaternary nitrogens is 1. The van der Waals surface area contributed by atoms with Crippen molar-refractivity contribution >= 4 is 17.5 Å². The van der Waals surface area contributed by atoms with Gasteiger partial charge in [-0.3, -0.25) is 9.59 Å². The number of aryl methyl sites for hydroxylation is 1. The van der Waals surface area contributed by atoms with Crippen LogP contribution in [0.15, 0.2) is 24.3 Å². The highest BCUT2D eigenvalue weighted by atomic mass is 16.2. The zero-order chi connectivity index (χ0) is 14.4. The molecular formula is C14H22N3O2+. The number of carbonyl (C=O) groups is 2. The molecule has 19 heavy (non-hydrogen) atoms. The quantitative estimate of drug-likeness (QED) is 0.756. The van der Waals surface area contributed by atoms with Crippen molar-refractivity contribution in [3.8, 4) is 0 Å². The summed E-state index contributed by atoms with van der Waals surface area (Å²) in [5.74, 6) is -0.0754. The summed E-state index contributed by atoms with van der Waals surface area (Å²) in [5.41, 5.74) is 1.93. The fraction of sp³-hybridized carbons (Fsp3) is 0.429. The highest BCUT2D eigenvalue weighted by Gasteiger charge is 2.15. The summed E-state index contributed by atoms with van der Waals surface area (Å²) < 4.78 is 0. The molecule has 2 amide bonds. The van der Waals surface area contributed by atoms with E-state index in [1.807, 2.05) is 38.2 Å². The van der Waals surface area contributed by atoms with Crippen LogP contribution in [0.25, 0.3) is 0 Å². The maximum atomic E-state index is 11.8. The molecule has 1 unspecified atom stereocenters. The minimum atomic E-state index is -0.0899. The van der Waals surface area contributed by atoms with Crippen molar-refractivity contribution in [2.24, 2.45) is 0 Å². The van der Waals surface area contributed by atoms with Gasteiger partial charge in [-0.25, -0.2) is 0 Å². The van der Waals surface area contributed by atoms with Crippen LogP contribution in [0.2, 0.25) is 0 Å². The first-order chi connectivity index (χ1) is 8.88. The number of anilines is 1. The number of hydrogen-bond acceptors (Lipinski definition) is 2. The summed E-state index contributed by atoms with van der Waals surface area (Å²) in [4.78, 5) is 25.7. The Bertz CT molecular complexity index is 441. The third-order valence-corrected chi connectivity index (χ3v) is 2.75. The smallest absolute Gasteiger partial charge is 0.279 e. The highest BCUT2D eigenvalue weighted by molar-refractivity contribution is 5.91. The van der Waals surface area contributed by atoms with Crippen molar-refractivity contribution in [2.75, 3.05) is 39.5 Å². The van der Waals surface area contributed by atoms with Crippen LogP contribution in [0.1, 0.15) is 5.56 Å². The molecule has 0 aliphatic rings. The standard InChI is InChI=1S/C14H21N3O2/c1-11-5-7-12(8-6-11)15-13(18)9-17(4)10-14(19)16(2)3/h5-8H,9-10H2,1-4H3,(H,15,18)/p+1. The van der Waals surface area contributed by atoms with Gasteiger partial charge in [-0.1, -0.05) is 17.7 Å². The molecule has 1 aromatic carbocycles. The second-order valence-corrected chi connectivity index (χ2v) is 5.01. The predicted molar refractivity (Wildman–Crippen MR) is 75.1 cm³/mol. The van der Waals surface area contributed by atoms with Crippen LogP contribution in [-0.4, -0.2) is 50.9 Å². The molecule has 0 aromatic heterocycles. The lowest BCUT2D eigenvalue weighted by Crippen LogP contribution is -3.11. The van der Waals surface area contributed by atoms with Gasteiger partial charge in [0.05, 0.1) is 7.05 Å². The van der Waals surface area contributed by atoms with Crippen LogP contribution < -0.4 is 10.2 Å². The average molecular weight is 264 g/mol. The molecule has 1 atom stereocenters. The van der Waals surface area contributed by atoms with E-state index < -0.39 is 0 Å². The first kappa shape index (κ1) is 15.2. The fourth-order valence-electron chi connectivity index (χ4n) is 1.59. The monoisotopic (exact) mass is 264 g/mol. The molecular weight excluding hydrogens is 242 g/mol. The van der Waals surface area contributed by atoms with Gasteiger partial charge in [0.2, 0.25) is 0 Å². The van der Waals surface area contributed by atoms with Crippen LogP contribution >= 0.6 is 0 Å². The van der Waals surface area contributed by atoms with Crippen molar-refractivity contribution in [2.45, 2.75) is 6.92 Å². The summed E-state index contributed by atoms with van der Waals surface area (Å²) >= 11 is 0. The highest BCUT2D eigenvalue weighted by Crippen LogP contribution is 2.07. The van der Waals surface area contributed by atoms with Gasteiger partial charge >= 0.3 is 0 Å². The van der Waals surface area contributed by atoms with Crippen molar-refractivity contribution in [1.82, 2.24) is 4.90 Å². The first-order valence-corrected chi connectivity index (χ1v) is 6.26. The largest absolute Gasteiger partial charge is 0.344 e. The van der Waals surface area contributed by atoms with E-state index in [1.165, 1.54) is 4.90 Å². The summed E-state index contributed by atoms with van der Waals surface area (Å²) in [5, 5.41) is 2.82. The van der Waals surface area contributed by atoms with Crippen LogP contribution in [0, 0.1) is 6.92 Å². The van der Waals surface area contributed by atoms with Gasteiger partial charge in [0.25, 0.3) is 11.8 Å². The molecule has 5 nitrogen and oxygen atoms in total. The zero-order valence-electron chi connectivity index (χ0n) is 12.0. The molecule has 0 spiro atoms. The van der Waals surface area contributed by atoms with Crippen LogP contribution in [0.5, 0.6) is 0 Å². The first-order valence-electron chi connectivity index (χ1n) is 6.26. The zero-order valence-corrected chi connectivity index (χ0v) is 12.0. The van der Waals surface area contributed by atoms with Crippen molar-refractivity contribution in [1.29, 1.82) is 0 Å². The molecule has 0 saturated carbocycles. The summed E-state index contributed by atoms with van der Waals surface area (Å²) in [6.45, 7) is 2.58. The molecule has 0 fully saturated rings. The molecule has 1 aromatic rings. The van der Waals surface area contributed by atoms with Crippen LogP contribution in [0.3, 0.4) is 0 Å². The Hall–Kier alpha value is -1.88. The Labute approximate surface area is 114 Å². The Kier molecular flexibility index (Phi) is 5.51. The molecule has 0 aliphatic heterocycles. The maximum Gasteiger partial charge on any atom is 0.279 e. The third kappa shape index (κ3) is 5.52. The lowest BCUT2D eigenvalue weighted by Gasteiger charge is -2.16. The minimum absolute atomic E-state index is 0.0145. The molecule has 0 saturated heterocycles. The Morgan fingerprint density at radius 1 is 1.16 bits per heavy atom. The third-order valence-electron chi connectivity index (χ3n) is 2.75. The van der Waals surface area contributed by atoms with E-state index in [-0.39, 0.29) is 18.4 Å². The molecule has 104 valence electrons. The molecule has 2 N–H and O–H groups in total. The lowest BCUT2D eigenvalue weighted by molar-refractivity contribution is -0.862.